The highest BCUT2D eigenvalue weighted by Crippen LogP contribution is 2.68. The van der Waals surface area contributed by atoms with Crippen molar-refractivity contribution in [3.63, 3.8) is 0 Å². The van der Waals surface area contributed by atoms with Crippen LogP contribution in [-0.4, -0.2) is 34.8 Å². The molecule has 0 aliphatic carbocycles. The highest BCUT2D eigenvalue weighted by Gasteiger charge is 3.07. The molecule has 0 aromatic heterocycles. The molecule has 13 heteroatoms. The topological polar surface area (TPSA) is 0 Å². The number of alkyl halides is 10. The predicted molar refractivity (Wildman–Crippen MR) is 27.2 cm³/mol. The summed E-state index contributed by atoms with van der Waals surface area (Å²) in [6.45, 7) is 0. The van der Waals surface area contributed by atoms with E-state index in [2.05, 4.69) is 0 Å². The quantitative estimate of drug-likeness (QED) is 0.364. The average Bonchev–Trinajstić information content (AvgIpc) is 2.14. The molecule has 108 valence electrons. The van der Waals surface area contributed by atoms with E-state index in [1.54, 1.807) is 0 Å². The van der Waals surface area contributed by atoms with Crippen molar-refractivity contribution in [2.24, 2.45) is 0 Å². The molecular weight excluding hydrogens is 302 g/mol. The van der Waals surface area contributed by atoms with Crippen molar-refractivity contribution in [3.05, 3.63) is 0 Å². The lowest BCUT2D eigenvalue weighted by Crippen LogP contribution is -2.84. The molecule has 18 heavy (non-hydrogen) atoms. The van der Waals surface area contributed by atoms with Crippen molar-refractivity contribution in [3.8, 4) is 0 Å². The number of quaternary nitrogens is 1. The molecule has 0 radical (unpaired) electrons. The maximum atomic E-state index is 12.3. The summed E-state index contributed by atoms with van der Waals surface area (Å²) in [5.41, 5.74) is 0. The summed E-state index contributed by atoms with van der Waals surface area (Å²) < 4.78 is 147. The molecule has 0 amide bonds. The molecule has 0 N–H and O–H groups in total. The molecule has 0 unspecified atom stereocenters. The molecule has 0 atom stereocenters. The molecule has 0 aromatic carbocycles. The zero-order valence-corrected chi connectivity index (χ0v) is 7.48. The Labute approximate surface area is 89.0 Å². The first kappa shape index (κ1) is 15.2. The van der Waals surface area contributed by atoms with Gasteiger partial charge >= 0.3 is 29.9 Å². The van der Waals surface area contributed by atoms with Crippen LogP contribution in [0.4, 0.5) is 52.9 Å². The van der Waals surface area contributed by atoms with Crippen LogP contribution in [0, 0.1) is 0 Å². The van der Waals surface area contributed by atoms with Gasteiger partial charge in [0.05, 0.1) is 8.96 Å². The number of piperidine rings is 1. The SMILES string of the molecule is FC1(F)C(F)(F)C(F)(F)[N+](F)(F)C(F)(F)C1(F)F. The Hall–Kier alpha value is -0.880. The van der Waals surface area contributed by atoms with E-state index in [1.807, 2.05) is 0 Å². The van der Waals surface area contributed by atoms with Crippen molar-refractivity contribution < 1.29 is 57.8 Å². The van der Waals surface area contributed by atoms with Crippen LogP contribution in [0.5, 0.6) is 0 Å². The number of rotatable bonds is 0. The maximum absolute atomic E-state index is 12.3. The molecule has 1 rings (SSSR count). The molecule has 1 saturated heterocycles. The van der Waals surface area contributed by atoms with Gasteiger partial charge in [-0.3, -0.25) is 0 Å². The summed E-state index contributed by atoms with van der Waals surface area (Å²) >= 11 is 0. The number of hydrogen-bond acceptors (Lipinski definition) is 0. The summed E-state index contributed by atoms with van der Waals surface area (Å²) in [5, 5.41) is 0. The van der Waals surface area contributed by atoms with E-state index in [1.165, 1.54) is 0 Å². The molecule has 1 nitrogen and oxygen atoms in total. The average molecular weight is 302 g/mol. The standard InChI is InChI=1S/C5F12N/c6-1(7)2(8,9)4(12,13)18(16,17)5(14,15)3(1,10)11/q+1. The van der Waals surface area contributed by atoms with Crippen LogP contribution in [0.25, 0.3) is 0 Å². The van der Waals surface area contributed by atoms with Crippen LogP contribution in [0.1, 0.15) is 0 Å². The molecule has 1 fully saturated rings. The van der Waals surface area contributed by atoms with Gasteiger partial charge < -0.3 is 0 Å². The monoisotopic (exact) mass is 302 g/mol. The van der Waals surface area contributed by atoms with Crippen LogP contribution in [-0.2, 0) is 0 Å². The fourth-order valence-electron chi connectivity index (χ4n) is 1.10. The number of halogens is 12. The Kier molecular flexibility index (Phi) is 2.52. The van der Waals surface area contributed by atoms with Gasteiger partial charge in [-0.05, 0) is 0 Å². The third kappa shape index (κ3) is 1.07. The molecule has 0 saturated carbocycles. The first-order valence-corrected chi connectivity index (χ1v) is 3.68. The summed E-state index contributed by atoms with van der Waals surface area (Å²) in [6.07, 6.45) is 0. The van der Waals surface area contributed by atoms with E-state index in [0.29, 0.717) is 0 Å². The van der Waals surface area contributed by atoms with Crippen molar-refractivity contribution in [2.45, 2.75) is 29.9 Å². The second kappa shape index (κ2) is 2.99. The fraction of sp³-hybridized carbons (Fsp3) is 1.00. The van der Waals surface area contributed by atoms with Gasteiger partial charge in [-0.25, -0.2) is 0 Å². The second-order valence-electron chi connectivity index (χ2n) is 3.32. The van der Waals surface area contributed by atoms with Gasteiger partial charge in [-0.2, -0.15) is 26.3 Å². The Balaban J connectivity index is 3.72. The van der Waals surface area contributed by atoms with E-state index in [9.17, 15) is 52.9 Å². The minimum absolute atomic E-state index is 6.59. The van der Waals surface area contributed by atoms with Crippen molar-refractivity contribution in [1.82, 2.24) is 0 Å². The molecule has 1 heterocycles. The van der Waals surface area contributed by atoms with Gasteiger partial charge in [0.2, 0.25) is 0 Å². The summed E-state index contributed by atoms with van der Waals surface area (Å²) in [5.74, 6) is -22.1. The molecule has 1 aliphatic rings. The molecule has 1 aliphatic heterocycles. The van der Waals surface area contributed by atoms with Crippen molar-refractivity contribution in [2.75, 3.05) is 0 Å². The summed E-state index contributed by atoms with van der Waals surface area (Å²) in [6, 6.07) is -14.8. The third-order valence-corrected chi connectivity index (χ3v) is 2.25. The Morgan fingerprint density at radius 1 is 0.444 bits per heavy atom. The zero-order valence-electron chi connectivity index (χ0n) is 7.48. The second-order valence-corrected chi connectivity index (χ2v) is 3.32. The van der Waals surface area contributed by atoms with Crippen LogP contribution < -0.4 is 0 Å². The van der Waals surface area contributed by atoms with Crippen LogP contribution in [0.3, 0.4) is 0 Å². The Morgan fingerprint density at radius 2 is 0.667 bits per heavy atom. The van der Waals surface area contributed by atoms with Crippen molar-refractivity contribution in [1.29, 1.82) is 0 Å². The lowest BCUT2D eigenvalue weighted by Gasteiger charge is -2.44. The number of hydrogen-bond donors (Lipinski definition) is 0. The number of nitrogens with zero attached hydrogens (tertiary/aromatic N) is 1. The van der Waals surface area contributed by atoms with Gasteiger partial charge in [-0.15, -0.1) is 17.6 Å². The van der Waals surface area contributed by atoms with E-state index < -0.39 is 34.8 Å². The zero-order chi connectivity index (χ0) is 15.0. The smallest absolute Gasteiger partial charge is 0.192 e. The van der Waals surface area contributed by atoms with Gasteiger partial charge in [0.15, 0.2) is 4.93 Å². The summed E-state index contributed by atoms with van der Waals surface area (Å²) in [4.78, 5) is -6.59. The lowest BCUT2D eigenvalue weighted by atomic mass is 9.95. The van der Waals surface area contributed by atoms with Crippen LogP contribution in [0.15, 0.2) is 0 Å². The summed E-state index contributed by atoms with van der Waals surface area (Å²) in [7, 11) is 0. The maximum Gasteiger partial charge on any atom is 0.540 e. The van der Waals surface area contributed by atoms with Crippen LogP contribution >= 0.6 is 0 Å². The third-order valence-electron chi connectivity index (χ3n) is 2.25. The fourth-order valence-corrected chi connectivity index (χ4v) is 1.10. The first-order valence-electron chi connectivity index (χ1n) is 3.68. The highest BCUT2D eigenvalue weighted by atomic mass is 19.4. The molecular formula is C5F12N+. The Morgan fingerprint density at radius 3 is 0.889 bits per heavy atom. The molecule has 0 bridgehead atoms. The van der Waals surface area contributed by atoms with E-state index in [-0.39, 0.29) is 0 Å². The lowest BCUT2D eigenvalue weighted by molar-refractivity contribution is -1.29. The van der Waals surface area contributed by atoms with Gasteiger partial charge in [0, 0.05) is 0 Å². The van der Waals surface area contributed by atoms with E-state index in [4.69, 9.17) is 0 Å². The molecule has 0 aromatic rings. The van der Waals surface area contributed by atoms with Gasteiger partial charge in [0.1, 0.15) is 0 Å². The molecule has 0 spiro atoms. The predicted octanol–water partition coefficient (Wildman–Crippen LogP) is 3.68. The van der Waals surface area contributed by atoms with E-state index in [0.717, 1.165) is 0 Å². The largest absolute Gasteiger partial charge is 0.540 e. The van der Waals surface area contributed by atoms with E-state index >= 15 is 0 Å². The normalized spacial score (nSPS) is 34.0. The first-order chi connectivity index (χ1) is 7.50. The minimum Gasteiger partial charge on any atom is -0.192 e. The highest BCUT2D eigenvalue weighted by molar-refractivity contribution is 5.07. The van der Waals surface area contributed by atoms with Crippen LogP contribution in [0.2, 0.25) is 0 Å². The Bertz CT molecular complexity index is 252. The van der Waals surface area contributed by atoms with Gasteiger partial charge in [0.25, 0.3) is 0 Å². The van der Waals surface area contributed by atoms with Gasteiger partial charge in [-0.1, -0.05) is 0 Å². The van der Waals surface area contributed by atoms with Crippen molar-refractivity contribution >= 4 is 0 Å². The minimum atomic E-state index is -7.41.